The molecule has 1 aliphatic heterocycles. The molecule has 5 heteroatoms. The van der Waals surface area contributed by atoms with E-state index in [0.29, 0.717) is 11.6 Å². The molecule has 0 saturated carbocycles. The molecule has 2 atom stereocenters. The Kier molecular flexibility index (Phi) is 6.70. The summed E-state index contributed by atoms with van der Waals surface area (Å²) in [6.07, 6.45) is 2.19. The Bertz CT molecular complexity index is 891. The van der Waals surface area contributed by atoms with Gasteiger partial charge in [-0.15, -0.1) is 0 Å². The highest BCUT2D eigenvalue weighted by Crippen LogP contribution is 2.42. The average Bonchev–Trinajstić information content (AvgIpc) is 2.80. The van der Waals surface area contributed by atoms with E-state index in [9.17, 15) is 9.59 Å². The van der Waals surface area contributed by atoms with Crippen LogP contribution in [0.4, 0.5) is 11.4 Å². The molecule has 0 saturated heterocycles. The zero-order chi connectivity index (χ0) is 21.0. The first-order valence-electron chi connectivity index (χ1n) is 10.5. The van der Waals surface area contributed by atoms with E-state index in [1.54, 1.807) is 0 Å². The van der Waals surface area contributed by atoms with E-state index < -0.39 is 0 Å². The minimum Gasteiger partial charge on any atom is -0.325 e. The van der Waals surface area contributed by atoms with Crippen LogP contribution in [0.2, 0.25) is 0 Å². The number of hydrogen-bond donors (Lipinski definition) is 3. The molecule has 154 valence electrons. The SMILES string of the molecule is CC(C)CCCN[C@@H](C)C(=O)Nc1cccc2c1-c1ccccc1C(C)C(=O)N2. The summed E-state index contributed by atoms with van der Waals surface area (Å²) < 4.78 is 0. The fourth-order valence-electron chi connectivity index (χ4n) is 3.70. The number of nitrogens with one attached hydrogen (secondary N) is 3. The molecular weight excluding hydrogens is 362 g/mol. The monoisotopic (exact) mass is 393 g/mol. The molecular formula is C24H31N3O2. The molecule has 1 heterocycles. The lowest BCUT2D eigenvalue weighted by Gasteiger charge is -2.18. The first kappa shape index (κ1) is 21.1. The van der Waals surface area contributed by atoms with Gasteiger partial charge in [-0.1, -0.05) is 44.2 Å². The first-order valence-corrected chi connectivity index (χ1v) is 10.5. The quantitative estimate of drug-likeness (QED) is 0.594. The standard InChI is InChI=1S/C24H31N3O2/c1-15(2)9-8-14-25-17(4)24(29)27-21-13-7-12-20-22(21)19-11-6-5-10-18(19)16(3)23(28)26-20/h5-7,10-13,15-17,25H,8-9,14H2,1-4H3,(H,26,28)(H,27,29)/t16?,17-/m0/s1. The van der Waals surface area contributed by atoms with Crippen molar-refractivity contribution in [1.29, 1.82) is 0 Å². The Morgan fingerprint density at radius 2 is 1.86 bits per heavy atom. The van der Waals surface area contributed by atoms with Crippen molar-refractivity contribution in [2.24, 2.45) is 5.92 Å². The van der Waals surface area contributed by atoms with Crippen molar-refractivity contribution in [1.82, 2.24) is 5.32 Å². The van der Waals surface area contributed by atoms with Crippen LogP contribution in [-0.4, -0.2) is 24.4 Å². The summed E-state index contributed by atoms with van der Waals surface area (Å²) in [5, 5.41) is 9.38. The molecule has 1 unspecified atom stereocenters. The van der Waals surface area contributed by atoms with E-state index >= 15 is 0 Å². The number of anilines is 2. The number of carbonyl (C=O) groups excluding carboxylic acids is 2. The van der Waals surface area contributed by atoms with E-state index in [-0.39, 0.29) is 23.8 Å². The summed E-state index contributed by atoms with van der Waals surface area (Å²) in [4.78, 5) is 25.4. The van der Waals surface area contributed by atoms with Crippen molar-refractivity contribution in [2.75, 3.05) is 17.2 Å². The Labute approximate surface area is 173 Å². The van der Waals surface area contributed by atoms with Crippen molar-refractivity contribution in [2.45, 2.75) is 52.5 Å². The van der Waals surface area contributed by atoms with Crippen molar-refractivity contribution < 1.29 is 9.59 Å². The van der Waals surface area contributed by atoms with Gasteiger partial charge in [0.2, 0.25) is 11.8 Å². The van der Waals surface area contributed by atoms with Gasteiger partial charge in [-0.05, 0) is 62.4 Å². The van der Waals surface area contributed by atoms with Crippen LogP contribution < -0.4 is 16.0 Å². The van der Waals surface area contributed by atoms with Crippen LogP contribution in [0.25, 0.3) is 11.1 Å². The zero-order valence-electron chi connectivity index (χ0n) is 17.7. The second kappa shape index (κ2) is 9.23. The van der Waals surface area contributed by atoms with E-state index in [0.717, 1.165) is 41.8 Å². The van der Waals surface area contributed by atoms with Crippen LogP contribution in [-0.2, 0) is 9.59 Å². The molecule has 0 radical (unpaired) electrons. The van der Waals surface area contributed by atoms with Crippen LogP contribution in [0, 0.1) is 5.92 Å². The van der Waals surface area contributed by atoms with Crippen molar-refractivity contribution >= 4 is 23.2 Å². The van der Waals surface area contributed by atoms with Gasteiger partial charge in [-0.3, -0.25) is 9.59 Å². The van der Waals surface area contributed by atoms with E-state index in [2.05, 4.69) is 29.8 Å². The van der Waals surface area contributed by atoms with Gasteiger partial charge in [-0.25, -0.2) is 0 Å². The minimum atomic E-state index is -0.299. The van der Waals surface area contributed by atoms with Crippen LogP contribution in [0.5, 0.6) is 0 Å². The fourth-order valence-corrected chi connectivity index (χ4v) is 3.70. The smallest absolute Gasteiger partial charge is 0.241 e. The van der Waals surface area contributed by atoms with Crippen LogP contribution in [0.3, 0.4) is 0 Å². The summed E-state index contributed by atoms with van der Waals surface area (Å²) in [6, 6.07) is 13.2. The molecule has 0 fully saturated rings. The summed E-state index contributed by atoms with van der Waals surface area (Å²) in [6.45, 7) is 9.01. The Morgan fingerprint density at radius 1 is 1.10 bits per heavy atom. The second-order valence-electron chi connectivity index (χ2n) is 8.23. The molecule has 2 aromatic carbocycles. The number of hydrogen-bond acceptors (Lipinski definition) is 3. The lowest BCUT2D eigenvalue weighted by molar-refractivity contribution is -0.118. The summed E-state index contributed by atoms with van der Waals surface area (Å²) in [5.74, 6) is 0.283. The van der Waals surface area contributed by atoms with Gasteiger partial charge in [0.05, 0.1) is 23.3 Å². The van der Waals surface area contributed by atoms with Crippen molar-refractivity contribution in [3.8, 4) is 11.1 Å². The third-order valence-electron chi connectivity index (χ3n) is 5.47. The highest BCUT2D eigenvalue weighted by atomic mass is 16.2. The highest BCUT2D eigenvalue weighted by molar-refractivity contribution is 6.08. The van der Waals surface area contributed by atoms with Crippen LogP contribution in [0.15, 0.2) is 42.5 Å². The number of carbonyl (C=O) groups is 2. The molecule has 0 aromatic heterocycles. The lowest BCUT2D eigenvalue weighted by atomic mass is 9.91. The van der Waals surface area contributed by atoms with E-state index in [1.807, 2.05) is 56.3 Å². The van der Waals surface area contributed by atoms with Crippen LogP contribution in [0.1, 0.15) is 52.0 Å². The highest BCUT2D eigenvalue weighted by Gasteiger charge is 2.27. The number of benzene rings is 2. The predicted octanol–water partition coefficient (Wildman–Crippen LogP) is 4.76. The van der Waals surface area contributed by atoms with Gasteiger partial charge in [0.15, 0.2) is 0 Å². The van der Waals surface area contributed by atoms with Gasteiger partial charge in [0, 0.05) is 5.56 Å². The van der Waals surface area contributed by atoms with Gasteiger partial charge in [-0.2, -0.15) is 0 Å². The molecule has 29 heavy (non-hydrogen) atoms. The molecule has 0 spiro atoms. The van der Waals surface area contributed by atoms with Crippen molar-refractivity contribution in [3.05, 3.63) is 48.0 Å². The molecule has 2 aromatic rings. The maximum atomic E-state index is 12.8. The molecule has 3 N–H and O–H groups in total. The maximum Gasteiger partial charge on any atom is 0.241 e. The summed E-state index contributed by atoms with van der Waals surface area (Å²) in [5.41, 5.74) is 4.24. The van der Waals surface area contributed by atoms with Crippen LogP contribution >= 0.6 is 0 Å². The Balaban J connectivity index is 1.83. The summed E-state index contributed by atoms with van der Waals surface area (Å²) in [7, 11) is 0. The number of amides is 2. The average molecular weight is 394 g/mol. The maximum absolute atomic E-state index is 12.8. The third-order valence-corrected chi connectivity index (χ3v) is 5.47. The number of fused-ring (bicyclic) bond motifs is 3. The Morgan fingerprint density at radius 3 is 2.62 bits per heavy atom. The molecule has 2 amide bonds. The molecule has 0 aliphatic carbocycles. The topological polar surface area (TPSA) is 70.2 Å². The van der Waals surface area contributed by atoms with Gasteiger partial charge in [0.1, 0.15) is 0 Å². The molecule has 0 bridgehead atoms. The third kappa shape index (κ3) is 4.85. The first-order chi connectivity index (χ1) is 13.9. The molecule has 1 aliphatic rings. The number of rotatable bonds is 7. The van der Waals surface area contributed by atoms with E-state index in [4.69, 9.17) is 0 Å². The van der Waals surface area contributed by atoms with Gasteiger partial charge < -0.3 is 16.0 Å². The van der Waals surface area contributed by atoms with E-state index in [1.165, 1.54) is 0 Å². The lowest BCUT2D eigenvalue weighted by Crippen LogP contribution is -2.38. The molecule has 5 nitrogen and oxygen atoms in total. The minimum absolute atomic E-state index is 0.0418. The predicted molar refractivity (Wildman–Crippen MR) is 119 cm³/mol. The van der Waals surface area contributed by atoms with Crippen molar-refractivity contribution in [3.63, 3.8) is 0 Å². The Hall–Kier alpha value is -2.66. The second-order valence-corrected chi connectivity index (χ2v) is 8.23. The van der Waals surface area contributed by atoms with Gasteiger partial charge >= 0.3 is 0 Å². The summed E-state index contributed by atoms with van der Waals surface area (Å²) >= 11 is 0. The molecule has 3 rings (SSSR count). The van der Waals surface area contributed by atoms with Gasteiger partial charge in [0.25, 0.3) is 0 Å². The normalized spacial score (nSPS) is 16.4. The fraction of sp³-hybridized carbons (Fsp3) is 0.417. The largest absolute Gasteiger partial charge is 0.325 e. The zero-order valence-corrected chi connectivity index (χ0v) is 17.7.